The van der Waals surface area contributed by atoms with E-state index in [4.69, 9.17) is 4.74 Å². The molecule has 0 aromatic heterocycles. The molecule has 0 heterocycles. The molecule has 0 rings (SSSR count). The molecule has 0 unspecified atom stereocenters. The first-order valence-corrected chi connectivity index (χ1v) is 4.28. The SMILES string of the molecule is CCO[C@@H](CC)C(=O)C(C)C. The lowest BCUT2D eigenvalue weighted by atomic mass is 10.0. The molecule has 0 radical (unpaired) electrons. The molecule has 0 saturated heterocycles. The second kappa shape index (κ2) is 5.30. The van der Waals surface area contributed by atoms with Gasteiger partial charge in [0.15, 0.2) is 5.78 Å². The van der Waals surface area contributed by atoms with Gasteiger partial charge in [-0.1, -0.05) is 20.8 Å². The van der Waals surface area contributed by atoms with Gasteiger partial charge in [-0.2, -0.15) is 0 Å². The van der Waals surface area contributed by atoms with E-state index in [-0.39, 0.29) is 17.8 Å². The van der Waals surface area contributed by atoms with Gasteiger partial charge in [0.25, 0.3) is 0 Å². The van der Waals surface area contributed by atoms with Gasteiger partial charge in [-0.15, -0.1) is 0 Å². The van der Waals surface area contributed by atoms with E-state index in [0.29, 0.717) is 6.61 Å². The molecule has 0 bridgehead atoms. The third-order valence-electron chi connectivity index (χ3n) is 1.63. The highest BCUT2D eigenvalue weighted by molar-refractivity contribution is 5.84. The quantitative estimate of drug-likeness (QED) is 0.612. The highest BCUT2D eigenvalue weighted by Gasteiger charge is 2.18. The molecule has 0 spiro atoms. The Labute approximate surface area is 68.9 Å². The fraction of sp³-hybridized carbons (Fsp3) is 0.889. The number of rotatable bonds is 5. The lowest BCUT2D eigenvalue weighted by Crippen LogP contribution is -2.27. The Bertz CT molecular complexity index is 119. The van der Waals surface area contributed by atoms with Gasteiger partial charge in [0, 0.05) is 12.5 Å². The summed E-state index contributed by atoms with van der Waals surface area (Å²) in [5.41, 5.74) is 0. The molecular weight excluding hydrogens is 140 g/mol. The molecule has 2 nitrogen and oxygen atoms in total. The van der Waals surface area contributed by atoms with Crippen LogP contribution < -0.4 is 0 Å². The molecule has 0 aliphatic heterocycles. The Morgan fingerprint density at radius 1 is 1.36 bits per heavy atom. The van der Waals surface area contributed by atoms with Crippen molar-refractivity contribution in [3.8, 4) is 0 Å². The third kappa shape index (κ3) is 3.51. The van der Waals surface area contributed by atoms with Crippen molar-refractivity contribution >= 4 is 5.78 Å². The van der Waals surface area contributed by atoms with Crippen LogP contribution in [0.5, 0.6) is 0 Å². The average Bonchev–Trinajstić information content (AvgIpc) is 1.98. The molecular formula is C9H18O2. The highest BCUT2D eigenvalue weighted by atomic mass is 16.5. The summed E-state index contributed by atoms with van der Waals surface area (Å²) in [6.45, 7) is 8.32. The van der Waals surface area contributed by atoms with Crippen LogP contribution in [0.25, 0.3) is 0 Å². The van der Waals surface area contributed by atoms with Gasteiger partial charge in [0.1, 0.15) is 6.10 Å². The maximum Gasteiger partial charge on any atom is 0.164 e. The largest absolute Gasteiger partial charge is 0.371 e. The molecule has 0 aromatic rings. The van der Waals surface area contributed by atoms with Crippen molar-refractivity contribution in [3.05, 3.63) is 0 Å². The van der Waals surface area contributed by atoms with Crippen LogP contribution in [-0.4, -0.2) is 18.5 Å². The van der Waals surface area contributed by atoms with Crippen molar-refractivity contribution in [3.63, 3.8) is 0 Å². The Balaban J connectivity index is 3.92. The van der Waals surface area contributed by atoms with Crippen LogP contribution in [-0.2, 0) is 9.53 Å². The summed E-state index contributed by atoms with van der Waals surface area (Å²) in [5, 5.41) is 0. The van der Waals surface area contributed by atoms with Gasteiger partial charge >= 0.3 is 0 Å². The summed E-state index contributed by atoms with van der Waals surface area (Å²) < 4.78 is 5.26. The number of ether oxygens (including phenoxy) is 1. The summed E-state index contributed by atoms with van der Waals surface area (Å²) in [6, 6.07) is 0. The first-order chi connectivity index (χ1) is 5.13. The smallest absolute Gasteiger partial charge is 0.164 e. The van der Waals surface area contributed by atoms with Crippen molar-refractivity contribution < 1.29 is 9.53 Å². The van der Waals surface area contributed by atoms with Gasteiger partial charge in [0.2, 0.25) is 0 Å². The average molecular weight is 158 g/mol. The molecule has 0 aromatic carbocycles. The Kier molecular flexibility index (Phi) is 5.12. The van der Waals surface area contributed by atoms with Crippen molar-refractivity contribution in [2.24, 2.45) is 5.92 Å². The van der Waals surface area contributed by atoms with E-state index in [1.54, 1.807) is 0 Å². The van der Waals surface area contributed by atoms with Crippen LogP contribution in [0.1, 0.15) is 34.1 Å². The number of ketones is 1. The maximum atomic E-state index is 11.3. The molecule has 0 N–H and O–H groups in total. The van der Waals surface area contributed by atoms with Crippen molar-refractivity contribution in [2.75, 3.05) is 6.61 Å². The normalized spacial score (nSPS) is 13.5. The second-order valence-corrected chi connectivity index (χ2v) is 2.91. The van der Waals surface area contributed by atoms with E-state index in [1.807, 2.05) is 27.7 Å². The molecule has 0 aliphatic rings. The second-order valence-electron chi connectivity index (χ2n) is 2.91. The minimum absolute atomic E-state index is 0.0894. The number of hydrogen-bond donors (Lipinski definition) is 0. The van der Waals surface area contributed by atoms with Crippen LogP contribution >= 0.6 is 0 Å². The molecule has 66 valence electrons. The van der Waals surface area contributed by atoms with E-state index < -0.39 is 0 Å². The van der Waals surface area contributed by atoms with Gasteiger partial charge < -0.3 is 4.74 Å². The predicted molar refractivity (Wildman–Crippen MR) is 45.6 cm³/mol. The summed E-state index contributed by atoms with van der Waals surface area (Å²) in [4.78, 5) is 11.3. The van der Waals surface area contributed by atoms with Gasteiger partial charge in [-0.25, -0.2) is 0 Å². The van der Waals surface area contributed by atoms with Gasteiger partial charge in [0.05, 0.1) is 0 Å². The number of carbonyl (C=O) groups is 1. The van der Waals surface area contributed by atoms with E-state index in [0.717, 1.165) is 6.42 Å². The van der Waals surface area contributed by atoms with Crippen molar-refractivity contribution in [1.29, 1.82) is 0 Å². The Morgan fingerprint density at radius 2 is 1.91 bits per heavy atom. The van der Waals surface area contributed by atoms with E-state index >= 15 is 0 Å². The lowest BCUT2D eigenvalue weighted by Gasteiger charge is -2.15. The summed E-state index contributed by atoms with van der Waals surface area (Å²) in [5.74, 6) is 0.306. The minimum atomic E-state index is -0.181. The minimum Gasteiger partial charge on any atom is -0.371 e. The van der Waals surface area contributed by atoms with E-state index in [1.165, 1.54) is 0 Å². The molecule has 0 aliphatic carbocycles. The van der Waals surface area contributed by atoms with Gasteiger partial charge in [-0.3, -0.25) is 4.79 Å². The number of hydrogen-bond acceptors (Lipinski definition) is 2. The molecule has 11 heavy (non-hydrogen) atoms. The highest BCUT2D eigenvalue weighted by Crippen LogP contribution is 2.06. The molecule has 0 amide bonds. The fourth-order valence-electron chi connectivity index (χ4n) is 0.974. The van der Waals surface area contributed by atoms with Crippen LogP contribution in [0.15, 0.2) is 0 Å². The number of carbonyl (C=O) groups excluding carboxylic acids is 1. The van der Waals surface area contributed by atoms with Crippen LogP contribution in [0, 0.1) is 5.92 Å². The summed E-state index contributed by atoms with van der Waals surface area (Å²) >= 11 is 0. The van der Waals surface area contributed by atoms with Crippen molar-refractivity contribution in [1.82, 2.24) is 0 Å². The zero-order valence-corrected chi connectivity index (χ0v) is 7.89. The Morgan fingerprint density at radius 3 is 2.18 bits per heavy atom. The number of Topliss-reactive ketones (excluding diaryl/α,β-unsaturated/α-hetero) is 1. The zero-order valence-electron chi connectivity index (χ0n) is 7.89. The summed E-state index contributed by atoms with van der Waals surface area (Å²) in [6.07, 6.45) is 0.602. The molecule has 2 heteroatoms. The summed E-state index contributed by atoms with van der Waals surface area (Å²) in [7, 11) is 0. The van der Waals surface area contributed by atoms with Crippen LogP contribution in [0.3, 0.4) is 0 Å². The standard InChI is InChI=1S/C9H18O2/c1-5-8(11-6-2)9(10)7(3)4/h7-8H,5-6H2,1-4H3/t8-/m0/s1. The fourth-order valence-corrected chi connectivity index (χ4v) is 0.974. The topological polar surface area (TPSA) is 26.3 Å². The van der Waals surface area contributed by atoms with Crippen LogP contribution in [0.2, 0.25) is 0 Å². The van der Waals surface area contributed by atoms with E-state index in [2.05, 4.69) is 0 Å². The first-order valence-electron chi connectivity index (χ1n) is 4.28. The zero-order chi connectivity index (χ0) is 8.85. The molecule has 0 saturated carbocycles. The maximum absolute atomic E-state index is 11.3. The first kappa shape index (κ1) is 10.6. The predicted octanol–water partition coefficient (Wildman–Crippen LogP) is 2.03. The third-order valence-corrected chi connectivity index (χ3v) is 1.63. The molecule has 1 atom stereocenters. The lowest BCUT2D eigenvalue weighted by molar-refractivity contribution is -0.133. The van der Waals surface area contributed by atoms with Crippen LogP contribution in [0.4, 0.5) is 0 Å². The van der Waals surface area contributed by atoms with Gasteiger partial charge in [-0.05, 0) is 13.3 Å². The van der Waals surface area contributed by atoms with E-state index in [9.17, 15) is 4.79 Å². The van der Waals surface area contributed by atoms with Crippen molar-refractivity contribution in [2.45, 2.75) is 40.2 Å². The molecule has 0 fully saturated rings. The Hall–Kier alpha value is -0.370. The monoisotopic (exact) mass is 158 g/mol.